The van der Waals surface area contributed by atoms with Crippen LogP contribution in [0.2, 0.25) is 0 Å². The molecular formula is C14H28O2S3. The minimum Gasteiger partial charge on any atom is -0.229 e. The second-order valence-corrected chi connectivity index (χ2v) is 10.2. The standard InChI is InChI=1S/C14H28O2S3/c1-3-5-7-9-17-13-11-19(15,16)12-14(13)18-10-8-6-4-2/h13-14H,3-12H2,1-2H3. The van der Waals surface area contributed by atoms with Crippen LogP contribution in [0.15, 0.2) is 0 Å². The summed E-state index contributed by atoms with van der Waals surface area (Å²) in [6, 6.07) is 0. The van der Waals surface area contributed by atoms with Crippen molar-refractivity contribution in [1.29, 1.82) is 0 Å². The Bertz CT molecular complexity index is 302. The molecule has 0 aliphatic carbocycles. The van der Waals surface area contributed by atoms with E-state index in [0.717, 1.165) is 11.5 Å². The first-order valence-electron chi connectivity index (χ1n) is 7.52. The lowest BCUT2D eigenvalue weighted by atomic mass is 10.3. The molecule has 114 valence electrons. The van der Waals surface area contributed by atoms with Crippen LogP contribution in [0.25, 0.3) is 0 Å². The molecule has 0 bridgehead atoms. The highest BCUT2D eigenvalue weighted by Gasteiger charge is 2.37. The Morgan fingerprint density at radius 1 is 0.842 bits per heavy atom. The number of hydrogen-bond donors (Lipinski definition) is 0. The highest BCUT2D eigenvalue weighted by molar-refractivity contribution is 8.06. The second kappa shape index (κ2) is 9.56. The molecule has 0 amide bonds. The third kappa shape index (κ3) is 7.28. The highest BCUT2D eigenvalue weighted by atomic mass is 32.2. The van der Waals surface area contributed by atoms with Gasteiger partial charge in [-0.1, -0.05) is 39.5 Å². The van der Waals surface area contributed by atoms with E-state index in [2.05, 4.69) is 13.8 Å². The van der Waals surface area contributed by atoms with Crippen LogP contribution in [-0.4, -0.2) is 41.9 Å². The van der Waals surface area contributed by atoms with Crippen LogP contribution in [-0.2, 0) is 9.84 Å². The molecule has 0 aromatic heterocycles. The molecule has 1 aliphatic heterocycles. The van der Waals surface area contributed by atoms with Crippen molar-refractivity contribution in [3.8, 4) is 0 Å². The molecule has 0 saturated carbocycles. The van der Waals surface area contributed by atoms with Gasteiger partial charge in [0.1, 0.15) is 0 Å². The zero-order chi connectivity index (χ0) is 14.1. The molecule has 1 rings (SSSR count). The van der Waals surface area contributed by atoms with Gasteiger partial charge >= 0.3 is 0 Å². The number of rotatable bonds is 10. The first kappa shape index (κ1) is 17.7. The minimum atomic E-state index is -2.77. The molecule has 0 radical (unpaired) electrons. The van der Waals surface area contributed by atoms with Crippen molar-refractivity contribution in [2.24, 2.45) is 0 Å². The molecule has 19 heavy (non-hydrogen) atoms. The van der Waals surface area contributed by atoms with E-state index in [9.17, 15) is 8.42 Å². The monoisotopic (exact) mass is 324 g/mol. The Labute approximate surface area is 127 Å². The summed E-state index contributed by atoms with van der Waals surface area (Å²) in [5.74, 6) is 3.07. The minimum absolute atomic E-state index is 0.341. The molecule has 5 heteroatoms. The lowest BCUT2D eigenvalue weighted by Gasteiger charge is -2.17. The molecule has 0 spiro atoms. The van der Waals surface area contributed by atoms with E-state index in [-0.39, 0.29) is 0 Å². The second-order valence-electron chi connectivity index (χ2n) is 5.31. The van der Waals surface area contributed by atoms with Gasteiger partial charge in [-0.3, -0.25) is 0 Å². The topological polar surface area (TPSA) is 34.1 Å². The summed E-state index contributed by atoms with van der Waals surface area (Å²) in [5.41, 5.74) is 0. The normalized spacial score (nSPS) is 25.8. The fraction of sp³-hybridized carbons (Fsp3) is 1.00. The number of unbranched alkanes of at least 4 members (excludes halogenated alkanes) is 4. The number of thioether (sulfide) groups is 2. The van der Waals surface area contributed by atoms with Gasteiger partial charge in [0, 0.05) is 10.5 Å². The molecule has 1 heterocycles. The van der Waals surface area contributed by atoms with Gasteiger partial charge in [-0.05, 0) is 24.3 Å². The average Bonchev–Trinajstić information content (AvgIpc) is 2.65. The summed E-state index contributed by atoms with van der Waals surface area (Å²) in [6.45, 7) is 4.41. The lowest BCUT2D eigenvalue weighted by Crippen LogP contribution is -2.18. The Kier molecular flexibility index (Phi) is 8.91. The van der Waals surface area contributed by atoms with Gasteiger partial charge in [0.25, 0.3) is 0 Å². The van der Waals surface area contributed by atoms with Crippen molar-refractivity contribution in [3.63, 3.8) is 0 Å². The van der Waals surface area contributed by atoms with E-state index in [1.54, 1.807) is 0 Å². The van der Waals surface area contributed by atoms with E-state index in [4.69, 9.17) is 0 Å². The van der Waals surface area contributed by atoms with Crippen LogP contribution in [0.5, 0.6) is 0 Å². The van der Waals surface area contributed by atoms with Gasteiger partial charge in [-0.2, -0.15) is 23.5 Å². The summed E-state index contributed by atoms with van der Waals surface area (Å²) < 4.78 is 23.6. The molecule has 1 fully saturated rings. The predicted molar refractivity (Wildman–Crippen MR) is 90.2 cm³/mol. The van der Waals surface area contributed by atoms with Gasteiger partial charge in [0.2, 0.25) is 0 Å². The highest BCUT2D eigenvalue weighted by Crippen LogP contribution is 2.34. The van der Waals surface area contributed by atoms with Crippen molar-refractivity contribution in [2.75, 3.05) is 23.0 Å². The van der Waals surface area contributed by atoms with Gasteiger partial charge in [-0.25, -0.2) is 8.42 Å². The maximum absolute atomic E-state index is 11.8. The maximum Gasteiger partial charge on any atom is 0.152 e. The summed E-state index contributed by atoms with van der Waals surface area (Å²) in [4.78, 5) is 0. The third-order valence-corrected chi connectivity index (χ3v) is 8.63. The molecule has 1 aliphatic rings. The van der Waals surface area contributed by atoms with Gasteiger partial charge in [0.15, 0.2) is 9.84 Å². The fourth-order valence-corrected chi connectivity index (χ4v) is 8.57. The summed E-state index contributed by atoms with van der Waals surface area (Å²) in [7, 11) is -2.77. The van der Waals surface area contributed by atoms with Crippen LogP contribution in [0.1, 0.15) is 52.4 Å². The summed E-state index contributed by atoms with van der Waals surface area (Å²) >= 11 is 3.80. The summed E-state index contributed by atoms with van der Waals surface area (Å²) in [6.07, 6.45) is 7.45. The van der Waals surface area contributed by atoms with Crippen molar-refractivity contribution in [3.05, 3.63) is 0 Å². The van der Waals surface area contributed by atoms with E-state index in [1.807, 2.05) is 23.5 Å². The predicted octanol–water partition coefficient (Wildman–Crippen LogP) is 4.00. The van der Waals surface area contributed by atoms with E-state index >= 15 is 0 Å². The smallest absolute Gasteiger partial charge is 0.152 e. The number of sulfone groups is 1. The van der Waals surface area contributed by atoms with Gasteiger partial charge in [0.05, 0.1) is 11.5 Å². The van der Waals surface area contributed by atoms with Crippen LogP contribution in [0, 0.1) is 0 Å². The van der Waals surface area contributed by atoms with Crippen molar-refractivity contribution >= 4 is 33.4 Å². The van der Waals surface area contributed by atoms with Gasteiger partial charge in [-0.15, -0.1) is 0 Å². The van der Waals surface area contributed by atoms with E-state index in [1.165, 1.54) is 38.5 Å². The van der Waals surface area contributed by atoms with Crippen LogP contribution in [0.4, 0.5) is 0 Å². The average molecular weight is 325 g/mol. The van der Waals surface area contributed by atoms with E-state index in [0.29, 0.717) is 22.0 Å². The Morgan fingerprint density at radius 3 is 1.63 bits per heavy atom. The zero-order valence-electron chi connectivity index (χ0n) is 12.3. The quantitative estimate of drug-likeness (QED) is 0.569. The third-order valence-electron chi connectivity index (χ3n) is 3.41. The van der Waals surface area contributed by atoms with Crippen molar-refractivity contribution in [1.82, 2.24) is 0 Å². The van der Waals surface area contributed by atoms with Crippen LogP contribution >= 0.6 is 23.5 Å². The molecule has 2 nitrogen and oxygen atoms in total. The number of hydrogen-bond acceptors (Lipinski definition) is 4. The molecule has 0 aromatic carbocycles. The SMILES string of the molecule is CCCCCSC1CS(=O)(=O)CC1SCCCCC. The first-order valence-corrected chi connectivity index (χ1v) is 11.4. The Balaban J connectivity index is 2.32. The molecule has 1 saturated heterocycles. The molecule has 0 N–H and O–H groups in total. The fourth-order valence-electron chi connectivity index (χ4n) is 2.27. The van der Waals surface area contributed by atoms with Crippen LogP contribution < -0.4 is 0 Å². The lowest BCUT2D eigenvalue weighted by molar-refractivity contribution is 0.602. The van der Waals surface area contributed by atoms with Crippen LogP contribution in [0.3, 0.4) is 0 Å². The Hall–Kier alpha value is 0.650. The molecule has 2 unspecified atom stereocenters. The molecular weight excluding hydrogens is 296 g/mol. The maximum atomic E-state index is 11.8. The first-order chi connectivity index (χ1) is 9.09. The Morgan fingerprint density at radius 2 is 1.26 bits per heavy atom. The van der Waals surface area contributed by atoms with Crippen molar-refractivity contribution in [2.45, 2.75) is 62.9 Å². The van der Waals surface area contributed by atoms with Crippen molar-refractivity contribution < 1.29 is 8.42 Å². The molecule has 0 aromatic rings. The van der Waals surface area contributed by atoms with E-state index < -0.39 is 9.84 Å². The largest absolute Gasteiger partial charge is 0.229 e. The molecule has 2 atom stereocenters. The summed E-state index contributed by atoms with van der Waals surface area (Å²) in [5, 5.41) is 0.682. The zero-order valence-corrected chi connectivity index (χ0v) is 14.7. The van der Waals surface area contributed by atoms with Gasteiger partial charge < -0.3 is 0 Å².